The third kappa shape index (κ3) is 4.66. The van der Waals surface area contributed by atoms with E-state index in [-0.39, 0.29) is 37.2 Å². The second-order valence-electron chi connectivity index (χ2n) is 8.21. The summed E-state index contributed by atoms with van der Waals surface area (Å²) >= 11 is 0. The van der Waals surface area contributed by atoms with Gasteiger partial charge in [0, 0.05) is 37.2 Å². The van der Waals surface area contributed by atoms with E-state index in [1.54, 1.807) is 37.3 Å². The van der Waals surface area contributed by atoms with E-state index in [4.69, 9.17) is 9.47 Å². The molecule has 8 heteroatoms. The number of hydrogen-bond acceptors (Lipinski definition) is 5. The summed E-state index contributed by atoms with van der Waals surface area (Å²) in [5.41, 5.74) is 1.28. The molecule has 0 spiro atoms. The smallest absolute Gasteiger partial charge is 0.244 e. The Morgan fingerprint density at radius 2 is 1.82 bits per heavy atom. The third-order valence-electron chi connectivity index (χ3n) is 5.97. The standard InChI is InChI=1S/C26H27N3O5/c1-28(16-24(30)27-21-10-6-8-17-7-4-5-9-20(17)21)26(32)18-13-25(31)29(15-18)22-12-11-19(33-2)14-23(22)34-3/h4-12,14,18H,13,15-16H2,1-3H3,(H,27,30). The summed E-state index contributed by atoms with van der Waals surface area (Å²) in [7, 11) is 4.65. The van der Waals surface area contributed by atoms with Gasteiger partial charge in [-0.1, -0.05) is 36.4 Å². The van der Waals surface area contributed by atoms with E-state index < -0.39 is 5.92 Å². The molecule has 3 aromatic carbocycles. The predicted molar refractivity (Wildman–Crippen MR) is 130 cm³/mol. The van der Waals surface area contributed by atoms with Crippen molar-refractivity contribution in [2.45, 2.75) is 6.42 Å². The molecule has 1 N–H and O–H groups in total. The van der Waals surface area contributed by atoms with Gasteiger partial charge in [0.25, 0.3) is 0 Å². The molecule has 176 valence electrons. The van der Waals surface area contributed by atoms with Crippen molar-refractivity contribution < 1.29 is 23.9 Å². The first-order chi connectivity index (χ1) is 16.4. The van der Waals surface area contributed by atoms with Crippen LogP contribution < -0.4 is 19.7 Å². The van der Waals surface area contributed by atoms with E-state index in [1.165, 1.54) is 12.0 Å². The van der Waals surface area contributed by atoms with Crippen LogP contribution in [0.3, 0.4) is 0 Å². The molecule has 0 radical (unpaired) electrons. The summed E-state index contributed by atoms with van der Waals surface area (Å²) in [6.07, 6.45) is 0.0727. The number of carbonyl (C=O) groups is 3. The SMILES string of the molecule is COc1ccc(N2CC(C(=O)N(C)CC(=O)Nc3cccc4ccccc34)CC2=O)c(OC)c1. The number of hydrogen-bond donors (Lipinski definition) is 1. The normalized spacial score (nSPS) is 15.3. The number of fused-ring (bicyclic) bond motifs is 1. The molecule has 1 unspecified atom stereocenters. The number of methoxy groups -OCH3 is 2. The molecular weight excluding hydrogens is 434 g/mol. The Hall–Kier alpha value is -4.07. The zero-order chi connectivity index (χ0) is 24.2. The number of amides is 3. The number of likely N-dealkylation sites (N-methyl/N-ethyl adjacent to an activating group) is 1. The third-order valence-corrected chi connectivity index (χ3v) is 5.97. The highest BCUT2D eigenvalue weighted by molar-refractivity contribution is 6.04. The first-order valence-corrected chi connectivity index (χ1v) is 11.0. The van der Waals surface area contributed by atoms with Crippen LogP contribution in [-0.2, 0) is 14.4 Å². The van der Waals surface area contributed by atoms with E-state index in [9.17, 15) is 14.4 Å². The summed E-state index contributed by atoms with van der Waals surface area (Å²) in [5, 5.41) is 4.84. The molecule has 0 aliphatic carbocycles. The largest absolute Gasteiger partial charge is 0.497 e. The second-order valence-corrected chi connectivity index (χ2v) is 8.21. The van der Waals surface area contributed by atoms with Gasteiger partial charge in [-0.2, -0.15) is 0 Å². The quantitative estimate of drug-likeness (QED) is 0.583. The van der Waals surface area contributed by atoms with Gasteiger partial charge in [-0.25, -0.2) is 0 Å². The second kappa shape index (κ2) is 9.82. The van der Waals surface area contributed by atoms with Gasteiger partial charge in [0.15, 0.2) is 0 Å². The minimum Gasteiger partial charge on any atom is -0.497 e. The fraction of sp³-hybridized carbons (Fsp3) is 0.269. The molecule has 1 saturated heterocycles. The maximum atomic E-state index is 13.0. The summed E-state index contributed by atoms with van der Waals surface area (Å²) in [6, 6.07) is 18.6. The molecule has 3 aromatic rings. The van der Waals surface area contributed by atoms with Crippen LogP contribution in [0.5, 0.6) is 11.5 Å². The highest BCUT2D eigenvalue weighted by atomic mass is 16.5. The van der Waals surface area contributed by atoms with Crippen molar-refractivity contribution in [1.82, 2.24) is 4.90 Å². The van der Waals surface area contributed by atoms with Crippen LogP contribution in [-0.4, -0.2) is 57.0 Å². The Morgan fingerprint density at radius 1 is 1.06 bits per heavy atom. The van der Waals surface area contributed by atoms with Gasteiger partial charge in [-0.3, -0.25) is 14.4 Å². The first kappa shape index (κ1) is 23.1. The lowest BCUT2D eigenvalue weighted by Crippen LogP contribution is -2.39. The van der Waals surface area contributed by atoms with Crippen LogP contribution in [0.4, 0.5) is 11.4 Å². The first-order valence-electron chi connectivity index (χ1n) is 11.0. The van der Waals surface area contributed by atoms with Crippen molar-refractivity contribution in [3.05, 3.63) is 60.7 Å². The molecule has 1 heterocycles. The minimum absolute atomic E-state index is 0.0727. The molecule has 0 bridgehead atoms. The zero-order valence-electron chi connectivity index (χ0n) is 19.4. The van der Waals surface area contributed by atoms with Crippen molar-refractivity contribution >= 4 is 39.9 Å². The molecule has 0 saturated carbocycles. The van der Waals surface area contributed by atoms with Crippen LogP contribution >= 0.6 is 0 Å². The van der Waals surface area contributed by atoms with Crippen molar-refractivity contribution in [3.63, 3.8) is 0 Å². The van der Waals surface area contributed by atoms with E-state index in [2.05, 4.69) is 5.32 Å². The van der Waals surface area contributed by atoms with Crippen LogP contribution in [0.25, 0.3) is 10.8 Å². The Labute approximate surface area is 198 Å². The minimum atomic E-state index is -0.547. The Kier molecular flexibility index (Phi) is 6.67. The zero-order valence-corrected chi connectivity index (χ0v) is 19.4. The van der Waals surface area contributed by atoms with E-state index in [0.29, 0.717) is 22.9 Å². The van der Waals surface area contributed by atoms with Crippen LogP contribution in [0.15, 0.2) is 60.7 Å². The summed E-state index contributed by atoms with van der Waals surface area (Å²) in [5.74, 6) is -0.174. The fourth-order valence-electron chi connectivity index (χ4n) is 4.24. The van der Waals surface area contributed by atoms with Gasteiger partial charge >= 0.3 is 0 Å². The predicted octanol–water partition coefficient (Wildman–Crippen LogP) is 3.31. The van der Waals surface area contributed by atoms with Gasteiger partial charge in [0.2, 0.25) is 17.7 Å². The van der Waals surface area contributed by atoms with E-state index in [0.717, 1.165) is 10.8 Å². The Morgan fingerprint density at radius 3 is 2.59 bits per heavy atom. The number of nitrogens with one attached hydrogen (secondary N) is 1. The maximum Gasteiger partial charge on any atom is 0.244 e. The van der Waals surface area contributed by atoms with Crippen molar-refractivity contribution in [1.29, 1.82) is 0 Å². The molecule has 1 fully saturated rings. The molecule has 8 nitrogen and oxygen atoms in total. The molecule has 34 heavy (non-hydrogen) atoms. The van der Waals surface area contributed by atoms with Crippen molar-refractivity contribution in [2.75, 3.05) is 44.6 Å². The molecule has 1 aliphatic heterocycles. The number of anilines is 2. The Balaban J connectivity index is 1.41. The molecule has 1 aliphatic rings. The molecule has 1 atom stereocenters. The van der Waals surface area contributed by atoms with Gasteiger partial charge in [-0.15, -0.1) is 0 Å². The number of nitrogens with zero attached hydrogens (tertiary/aromatic N) is 2. The highest BCUT2D eigenvalue weighted by Crippen LogP contribution is 2.36. The fourth-order valence-corrected chi connectivity index (χ4v) is 4.24. The summed E-state index contributed by atoms with van der Waals surface area (Å²) in [4.78, 5) is 41.3. The average Bonchev–Trinajstić information content (AvgIpc) is 3.24. The number of rotatable bonds is 7. The van der Waals surface area contributed by atoms with Crippen LogP contribution in [0.2, 0.25) is 0 Å². The lowest BCUT2D eigenvalue weighted by molar-refractivity contribution is -0.137. The van der Waals surface area contributed by atoms with Crippen molar-refractivity contribution in [3.8, 4) is 11.5 Å². The van der Waals surface area contributed by atoms with Gasteiger partial charge < -0.3 is 24.6 Å². The van der Waals surface area contributed by atoms with E-state index in [1.807, 2.05) is 42.5 Å². The lowest BCUT2D eigenvalue weighted by atomic mass is 10.1. The number of carbonyl (C=O) groups excluding carboxylic acids is 3. The summed E-state index contributed by atoms with van der Waals surface area (Å²) < 4.78 is 10.6. The molecule has 0 aromatic heterocycles. The highest BCUT2D eigenvalue weighted by Gasteiger charge is 2.38. The monoisotopic (exact) mass is 461 g/mol. The molecule has 3 amide bonds. The molecule has 4 rings (SSSR count). The molecular formula is C26H27N3O5. The lowest BCUT2D eigenvalue weighted by Gasteiger charge is -2.22. The maximum absolute atomic E-state index is 13.0. The number of benzene rings is 3. The Bertz CT molecular complexity index is 1240. The average molecular weight is 462 g/mol. The van der Waals surface area contributed by atoms with Crippen LogP contribution in [0.1, 0.15) is 6.42 Å². The van der Waals surface area contributed by atoms with Crippen LogP contribution in [0, 0.1) is 5.92 Å². The summed E-state index contributed by atoms with van der Waals surface area (Å²) in [6.45, 7) is 0.105. The van der Waals surface area contributed by atoms with Gasteiger partial charge in [-0.05, 0) is 23.6 Å². The van der Waals surface area contributed by atoms with Crippen molar-refractivity contribution in [2.24, 2.45) is 5.92 Å². The topological polar surface area (TPSA) is 88.2 Å². The van der Waals surface area contributed by atoms with Gasteiger partial charge in [0.1, 0.15) is 11.5 Å². The van der Waals surface area contributed by atoms with Gasteiger partial charge in [0.05, 0.1) is 32.4 Å². The number of ether oxygens (including phenoxy) is 2. The van der Waals surface area contributed by atoms with E-state index >= 15 is 0 Å².